The van der Waals surface area contributed by atoms with E-state index in [0.29, 0.717) is 23.2 Å². The molecule has 0 saturated heterocycles. The summed E-state index contributed by atoms with van der Waals surface area (Å²) in [5.41, 5.74) is 1.74. The van der Waals surface area contributed by atoms with E-state index in [-0.39, 0.29) is 5.97 Å². The van der Waals surface area contributed by atoms with Crippen molar-refractivity contribution in [2.75, 3.05) is 18.5 Å². The van der Waals surface area contributed by atoms with Crippen molar-refractivity contribution in [1.82, 2.24) is 5.32 Å². The SMILES string of the molecule is CCOC(=O)c1cc(Cc2ccccc2)sc1NC(=S)NCCC(C)C. The Morgan fingerprint density at radius 1 is 1.27 bits per heavy atom. The van der Waals surface area contributed by atoms with Crippen LogP contribution in [0, 0.1) is 5.92 Å². The van der Waals surface area contributed by atoms with Crippen LogP contribution in [0.5, 0.6) is 0 Å². The Kier molecular flexibility index (Phi) is 8.06. The molecule has 1 aromatic heterocycles. The fourth-order valence-electron chi connectivity index (χ4n) is 2.40. The molecule has 2 rings (SSSR count). The largest absolute Gasteiger partial charge is 0.462 e. The van der Waals surface area contributed by atoms with Gasteiger partial charge in [0.15, 0.2) is 5.11 Å². The molecule has 0 bridgehead atoms. The van der Waals surface area contributed by atoms with Crippen molar-refractivity contribution in [1.29, 1.82) is 0 Å². The van der Waals surface area contributed by atoms with E-state index < -0.39 is 0 Å². The smallest absolute Gasteiger partial charge is 0.341 e. The van der Waals surface area contributed by atoms with Gasteiger partial charge >= 0.3 is 5.97 Å². The van der Waals surface area contributed by atoms with Gasteiger partial charge in [0.25, 0.3) is 0 Å². The maximum absolute atomic E-state index is 12.3. The minimum Gasteiger partial charge on any atom is -0.462 e. The van der Waals surface area contributed by atoms with Crippen LogP contribution in [-0.2, 0) is 11.2 Å². The van der Waals surface area contributed by atoms with Gasteiger partial charge in [-0.2, -0.15) is 0 Å². The molecule has 6 heteroatoms. The quantitative estimate of drug-likeness (QED) is 0.498. The summed E-state index contributed by atoms with van der Waals surface area (Å²) in [7, 11) is 0. The van der Waals surface area contributed by atoms with E-state index in [1.807, 2.05) is 24.3 Å². The van der Waals surface area contributed by atoms with Crippen LogP contribution in [0.25, 0.3) is 0 Å². The van der Waals surface area contributed by atoms with Gasteiger partial charge in [0, 0.05) is 17.8 Å². The van der Waals surface area contributed by atoms with Gasteiger partial charge < -0.3 is 15.4 Å². The molecule has 0 saturated carbocycles. The number of hydrogen-bond acceptors (Lipinski definition) is 4. The molecular weight excluding hydrogens is 364 g/mol. The molecule has 0 aliphatic carbocycles. The summed E-state index contributed by atoms with van der Waals surface area (Å²) in [6.45, 7) is 7.30. The summed E-state index contributed by atoms with van der Waals surface area (Å²) in [5.74, 6) is 0.287. The topological polar surface area (TPSA) is 50.4 Å². The second kappa shape index (κ2) is 10.3. The van der Waals surface area contributed by atoms with Gasteiger partial charge in [-0.1, -0.05) is 44.2 Å². The van der Waals surface area contributed by atoms with Crippen LogP contribution in [-0.4, -0.2) is 24.2 Å². The van der Waals surface area contributed by atoms with Crippen LogP contribution < -0.4 is 10.6 Å². The van der Waals surface area contributed by atoms with E-state index in [9.17, 15) is 4.79 Å². The van der Waals surface area contributed by atoms with Crippen molar-refractivity contribution >= 4 is 39.6 Å². The first-order chi connectivity index (χ1) is 12.5. The molecule has 2 aromatic rings. The molecule has 140 valence electrons. The van der Waals surface area contributed by atoms with E-state index in [1.165, 1.54) is 16.9 Å². The van der Waals surface area contributed by atoms with Gasteiger partial charge in [-0.3, -0.25) is 0 Å². The molecule has 1 heterocycles. The normalized spacial score (nSPS) is 10.6. The van der Waals surface area contributed by atoms with E-state index in [4.69, 9.17) is 17.0 Å². The van der Waals surface area contributed by atoms with E-state index in [0.717, 1.165) is 29.3 Å². The van der Waals surface area contributed by atoms with Gasteiger partial charge in [0.2, 0.25) is 0 Å². The highest BCUT2D eigenvalue weighted by molar-refractivity contribution is 7.80. The van der Waals surface area contributed by atoms with Crippen molar-refractivity contribution in [3.63, 3.8) is 0 Å². The van der Waals surface area contributed by atoms with Crippen LogP contribution in [0.1, 0.15) is 48.0 Å². The van der Waals surface area contributed by atoms with Crippen LogP contribution in [0.4, 0.5) is 5.00 Å². The highest BCUT2D eigenvalue weighted by atomic mass is 32.1. The molecule has 2 N–H and O–H groups in total. The molecular formula is C20H26N2O2S2. The Bertz CT molecular complexity index is 727. The number of benzene rings is 1. The second-order valence-corrected chi connectivity index (χ2v) is 7.95. The van der Waals surface area contributed by atoms with Gasteiger partial charge in [-0.25, -0.2) is 4.79 Å². The molecule has 0 atom stereocenters. The minimum atomic E-state index is -0.324. The first-order valence-corrected chi connectivity index (χ1v) is 10.1. The van der Waals surface area contributed by atoms with Crippen molar-refractivity contribution in [2.24, 2.45) is 5.92 Å². The number of hydrogen-bond donors (Lipinski definition) is 2. The molecule has 0 spiro atoms. The number of ether oxygens (including phenoxy) is 1. The zero-order valence-corrected chi connectivity index (χ0v) is 17.1. The van der Waals surface area contributed by atoms with Crippen LogP contribution in [0.15, 0.2) is 36.4 Å². The van der Waals surface area contributed by atoms with E-state index in [2.05, 4.69) is 36.6 Å². The highest BCUT2D eigenvalue weighted by Gasteiger charge is 2.18. The summed E-state index contributed by atoms with van der Waals surface area (Å²) >= 11 is 6.91. The molecule has 26 heavy (non-hydrogen) atoms. The number of thiophene rings is 1. The Morgan fingerprint density at radius 2 is 2.00 bits per heavy atom. The number of carbonyl (C=O) groups is 1. The zero-order valence-electron chi connectivity index (χ0n) is 15.5. The van der Waals surface area contributed by atoms with Gasteiger partial charge in [-0.05, 0) is 43.1 Å². The average molecular weight is 391 g/mol. The maximum Gasteiger partial charge on any atom is 0.341 e. The van der Waals surface area contributed by atoms with Crippen molar-refractivity contribution in [3.05, 3.63) is 52.4 Å². The standard InChI is InChI=1S/C20H26N2O2S2/c1-4-24-19(23)17-13-16(12-15-8-6-5-7-9-15)26-18(17)22-20(25)21-11-10-14(2)3/h5-9,13-14H,4,10-12H2,1-3H3,(H2,21,22,25). The van der Waals surface area contributed by atoms with Gasteiger partial charge in [0.05, 0.1) is 12.2 Å². The lowest BCUT2D eigenvalue weighted by Crippen LogP contribution is -2.30. The summed E-state index contributed by atoms with van der Waals surface area (Å²) in [6, 6.07) is 12.1. The maximum atomic E-state index is 12.3. The predicted molar refractivity (Wildman–Crippen MR) is 113 cm³/mol. The molecule has 0 aliphatic heterocycles. The fourth-order valence-corrected chi connectivity index (χ4v) is 3.75. The number of esters is 1. The van der Waals surface area contributed by atoms with E-state index >= 15 is 0 Å². The fraction of sp³-hybridized carbons (Fsp3) is 0.400. The van der Waals surface area contributed by atoms with Gasteiger partial charge in [-0.15, -0.1) is 11.3 Å². The predicted octanol–water partition coefficient (Wildman–Crippen LogP) is 4.85. The first kappa shape index (κ1) is 20.4. The number of nitrogens with one attached hydrogen (secondary N) is 2. The Balaban J connectivity index is 2.11. The van der Waals surface area contributed by atoms with Crippen LogP contribution in [0.2, 0.25) is 0 Å². The molecule has 0 radical (unpaired) electrons. The van der Waals surface area contributed by atoms with Crippen molar-refractivity contribution in [2.45, 2.75) is 33.6 Å². The molecule has 4 nitrogen and oxygen atoms in total. The number of carbonyl (C=O) groups excluding carboxylic acids is 1. The monoisotopic (exact) mass is 390 g/mol. The average Bonchev–Trinajstić information content (AvgIpc) is 2.98. The third kappa shape index (κ3) is 6.42. The third-order valence-corrected chi connectivity index (χ3v) is 5.03. The minimum absolute atomic E-state index is 0.324. The van der Waals surface area contributed by atoms with Crippen LogP contribution in [0.3, 0.4) is 0 Å². The Hall–Kier alpha value is -1.92. The summed E-state index contributed by atoms with van der Waals surface area (Å²) in [5, 5.41) is 7.63. The second-order valence-electron chi connectivity index (χ2n) is 6.40. The molecule has 1 aromatic carbocycles. The van der Waals surface area contributed by atoms with Crippen molar-refractivity contribution in [3.8, 4) is 0 Å². The zero-order chi connectivity index (χ0) is 18.9. The Morgan fingerprint density at radius 3 is 2.65 bits per heavy atom. The number of anilines is 1. The summed E-state index contributed by atoms with van der Waals surface area (Å²) in [4.78, 5) is 13.4. The first-order valence-electron chi connectivity index (χ1n) is 8.88. The summed E-state index contributed by atoms with van der Waals surface area (Å²) < 4.78 is 5.19. The Labute approximate surface area is 165 Å². The number of rotatable bonds is 8. The lowest BCUT2D eigenvalue weighted by molar-refractivity contribution is 0.0528. The molecule has 0 fully saturated rings. The lowest BCUT2D eigenvalue weighted by atomic mass is 10.1. The molecule has 0 amide bonds. The highest BCUT2D eigenvalue weighted by Crippen LogP contribution is 2.30. The number of thiocarbonyl (C=S) groups is 1. The third-order valence-electron chi connectivity index (χ3n) is 3.73. The molecule has 0 unspecified atom stereocenters. The van der Waals surface area contributed by atoms with E-state index in [1.54, 1.807) is 6.92 Å². The summed E-state index contributed by atoms with van der Waals surface area (Å²) in [6.07, 6.45) is 1.81. The molecule has 0 aliphatic rings. The van der Waals surface area contributed by atoms with Crippen LogP contribution >= 0.6 is 23.6 Å². The lowest BCUT2D eigenvalue weighted by Gasteiger charge is -2.11. The van der Waals surface area contributed by atoms with Crippen molar-refractivity contribution < 1.29 is 9.53 Å². The van der Waals surface area contributed by atoms with Gasteiger partial charge in [0.1, 0.15) is 5.00 Å².